The number of methoxy groups -OCH3 is 1. The van der Waals surface area contributed by atoms with Crippen molar-refractivity contribution >= 4 is 27.1 Å². The van der Waals surface area contributed by atoms with Crippen LogP contribution >= 0.6 is 11.3 Å². The molecule has 1 saturated carbocycles. The molecule has 1 heterocycles. The first kappa shape index (κ1) is 12.0. The second-order valence-electron chi connectivity index (χ2n) is 4.98. The lowest BCUT2D eigenvalue weighted by atomic mass is 9.92. The van der Waals surface area contributed by atoms with E-state index in [4.69, 9.17) is 4.74 Å². The topological polar surface area (TPSA) is 21.3 Å². The van der Waals surface area contributed by atoms with Crippen molar-refractivity contribution in [1.29, 1.82) is 0 Å². The number of hydrogen-bond acceptors (Lipinski definition) is 3. The maximum Gasteiger partial charge on any atom is 0.0772 e. The van der Waals surface area contributed by atoms with E-state index in [0.717, 1.165) is 0 Å². The third kappa shape index (κ3) is 2.38. The van der Waals surface area contributed by atoms with Gasteiger partial charge in [-0.05, 0) is 47.9 Å². The average Bonchev–Trinajstić information content (AvgIpc) is 2.87. The van der Waals surface area contributed by atoms with Crippen LogP contribution in [0.1, 0.15) is 25.7 Å². The fraction of sp³-hybridized carbons (Fsp3) is 0.467. The van der Waals surface area contributed by atoms with E-state index in [1.54, 1.807) is 11.3 Å². The van der Waals surface area contributed by atoms with Gasteiger partial charge >= 0.3 is 0 Å². The normalized spacial score (nSPS) is 24.3. The van der Waals surface area contributed by atoms with Gasteiger partial charge in [0.1, 0.15) is 0 Å². The Morgan fingerprint density at radius 1 is 1.22 bits per heavy atom. The van der Waals surface area contributed by atoms with Crippen LogP contribution in [0.25, 0.3) is 10.1 Å². The molecule has 18 heavy (non-hydrogen) atoms. The molecule has 2 atom stereocenters. The highest BCUT2D eigenvalue weighted by molar-refractivity contribution is 7.17. The predicted octanol–water partition coefficient (Wildman–Crippen LogP) is 4.27. The van der Waals surface area contributed by atoms with Crippen LogP contribution in [0, 0.1) is 0 Å². The van der Waals surface area contributed by atoms with E-state index in [0.29, 0.717) is 12.1 Å². The Kier molecular flexibility index (Phi) is 3.52. The SMILES string of the molecule is COC1CCCCC1Nc1ccc2sccc2c1. The predicted molar refractivity (Wildman–Crippen MR) is 78.5 cm³/mol. The second kappa shape index (κ2) is 5.29. The van der Waals surface area contributed by atoms with Crippen molar-refractivity contribution in [1.82, 2.24) is 0 Å². The van der Waals surface area contributed by atoms with Crippen molar-refractivity contribution < 1.29 is 4.74 Å². The van der Waals surface area contributed by atoms with E-state index in [2.05, 4.69) is 35.0 Å². The van der Waals surface area contributed by atoms with Gasteiger partial charge in [0.25, 0.3) is 0 Å². The van der Waals surface area contributed by atoms with Crippen molar-refractivity contribution in [2.45, 2.75) is 37.8 Å². The molecule has 3 rings (SSSR count). The summed E-state index contributed by atoms with van der Waals surface area (Å²) >= 11 is 1.79. The number of ether oxygens (including phenoxy) is 1. The summed E-state index contributed by atoms with van der Waals surface area (Å²) in [4.78, 5) is 0. The molecular formula is C15H19NOS. The first-order valence-electron chi connectivity index (χ1n) is 6.63. The van der Waals surface area contributed by atoms with Crippen LogP contribution in [0.2, 0.25) is 0 Å². The van der Waals surface area contributed by atoms with Crippen molar-refractivity contribution in [3.63, 3.8) is 0 Å². The summed E-state index contributed by atoms with van der Waals surface area (Å²) in [5.74, 6) is 0. The molecule has 0 spiro atoms. The minimum Gasteiger partial charge on any atom is -0.380 e. The summed E-state index contributed by atoms with van der Waals surface area (Å²) in [6, 6.07) is 9.26. The minimum atomic E-state index is 0.358. The molecule has 2 unspecified atom stereocenters. The Hall–Kier alpha value is -1.06. The van der Waals surface area contributed by atoms with Crippen LogP contribution in [-0.4, -0.2) is 19.3 Å². The van der Waals surface area contributed by atoms with E-state index in [9.17, 15) is 0 Å². The molecule has 2 aromatic rings. The lowest BCUT2D eigenvalue weighted by Gasteiger charge is -2.31. The Bertz CT molecular complexity index is 522. The van der Waals surface area contributed by atoms with Crippen LogP contribution in [0.4, 0.5) is 5.69 Å². The number of rotatable bonds is 3. The first-order valence-corrected chi connectivity index (χ1v) is 7.51. The van der Waals surface area contributed by atoms with Gasteiger partial charge in [-0.1, -0.05) is 12.8 Å². The minimum absolute atomic E-state index is 0.358. The maximum atomic E-state index is 5.59. The number of hydrogen-bond donors (Lipinski definition) is 1. The van der Waals surface area contributed by atoms with Gasteiger partial charge in [0.05, 0.1) is 12.1 Å². The first-order chi connectivity index (χ1) is 8.86. The molecule has 0 saturated heterocycles. The molecule has 0 bridgehead atoms. The Labute approximate surface area is 112 Å². The highest BCUT2D eigenvalue weighted by atomic mass is 32.1. The summed E-state index contributed by atoms with van der Waals surface area (Å²) in [7, 11) is 1.83. The van der Waals surface area contributed by atoms with Crippen molar-refractivity contribution in [3.05, 3.63) is 29.6 Å². The van der Waals surface area contributed by atoms with E-state index in [1.165, 1.54) is 41.5 Å². The number of thiophene rings is 1. The molecule has 96 valence electrons. The summed E-state index contributed by atoms with van der Waals surface area (Å²) in [5, 5.41) is 7.12. The molecule has 1 fully saturated rings. The molecular weight excluding hydrogens is 242 g/mol. The molecule has 1 aromatic heterocycles. The standard InChI is InChI=1S/C15H19NOS/c1-17-14-5-3-2-4-13(14)16-12-6-7-15-11(10-12)8-9-18-15/h6-10,13-14,16H,2-5H2,1H3. The molecule has 3 heteroatoms. The zero-order valence-corrected chi connectivity index (χ0v) is 11.5. The molecule has 1 aliphatic rings. The fourth-order valence-corrected chi connectivity index (χ4v) is 3.59. The zero-order chi connectivity index (χ0) is 12.4. The van der Waals surface area contributed by atoms with Crippen molar-refractivity contribution in [2.75, 3.05) is 12.4 Å². The lowest BCUT2D eigenvalue weighted by Crippen LogP contribution is -2.37. The second-order valence-corrected chi connectivity index (χ2v) is 5.93. The number of benzene rings is 1. The van der Waals surface area contributed by atoms with Crippen LogP contribution in [-0.2, 0) is 4.74 Å². The lowest BCUT2D eigenvalue weighted by molar-refractivity contribution is 0.0606. The quantitative estimate of drug-likeness (QED) is 0.891. The Balaban J connectivity index is 1.77. The number of nitrogens with one attached hydrogen (secondary N) is 1. The van der Waals surface area contributed by atoms with Gasteiger partial charge in [0, 0.05) is 17.5 Å². The largest absolute Gasteiger partial charge is 0.380 e. The fourth-order valence-electron chi connectivity index (χ4n) is 2.81. The summed E-state index contributed by atoms with van der Waals surface area (Å²) < 4.78 is 6.94. The molecule has 1 aromatic carbocycles. The number of fused-ring (bicyclic) bond motifs is 1. The van der Waals surface area contributed by atoms with Crippen LogP contribution in [0.5, 0.6) is 0 Å². The van der Waals surface area contributed by atoms with Gasteiger partial charge in [-0.15, -0.1) is 11.3 Å². The molecule has 1 N–H and O–H groups in total. The van der Waals surface area contributed by atoms with E-state index < -0.39 is 0 Å². The smallest absolute Gasteiger partial charge is 0.0772 e. The van der Waals surface area contributed by atoms with Crippen molar-refractivity contribution in [2.24, 2.45) is 0 Å². The van der Waals surface area contributed by atoms with Crippen LogP contribution in [0.3, 0.4) is 0 Å². The summed E-state index contributed by atoms with van der Waals surface area (Å²) in [5.41, 5.74) is 1.22. The zero-order valence-electron chi connectivity index (χ0n) is 10.7. The van der Waals surface area contributed by atoms with Crippen LogP contribution < -0.4 is 5.32 Å². The van der Waals surface area contributed by atoms with E-state index in [1.807, 2.05) is 7.11 Å². The average molecular weight is 261 g/mol. The third-order valence-corrected chi connectivity index (χ3v) is 4.71. The molecule has 0 radical (unpaired) electrons. The summed E-state index contributed by atoms with van der Waals surface area (Å²) in [6.45, 7) is 0. The van der Waals surface area contributed by atoms with Gasteiger partial charge in [-0.2, -0.15) is 0 Å². The highest BCUT2D eigenvalue weighted by Crippen LogP contribution is 2.27. The molecule has 2 nitrogen and oxygen atoms in total. The highest BCUT2D eigenvalue weighted by Gasteiger charge is 2.24. The van der Waals surface area contributed by atoms with E-state index >= 15 is 0 Å². The summed E-state index contributed by atoms with van der Waals surface area (Å²) in [6.07, 6.45) is 5.34. The molecule has 0 amide bonds. The van der Waals surface area contributed by atoms with Gasteiger partial charge in [0.15, 0.2) is 0 Å². The number of anilines is 1. The third-order valence-electron chi connectivity index (χ3n) is 3.81. The van der Waals surface area contributed by atoms with Gasteiger partial charge in [-0.25, -0.2) is 0 Å². The van der Waals surface area contributed by atoms with Gasteiger partial charge in [0.2, 0.25) is 0 Å². The Morgan fingerprint density at radius 3 is 3.00 bits per heavy atom. The van der Waals surface area contributed by atoms with Gasteiger partial charge < -0.3 is 10.1 Å². The molecule has 0 aliphatic heterocycles. The van der Waals surface area contributed by atoms with Crippen molar-refractivity contribution in [3.8, 4) is 0 Å². The van der Waals surface area contributed by atoms with Crippen LogP contribution in [0.15, 0.2) is 29.6 Å². The maximum absolute atomic E-state index is 5.59. The molecule has 1 aliphatic carbocycles. The van der Waals surface area contributed by atoms with Gasteiger partial charge in [-0.3, -0.25) is 0 Å². The monoisotopic (exact) mass is 261 g/mol. The Morgan fingerprint density at radius 2 is 2.11 bits per heavy atom. The van der Waals surface area contributed by atoms with E-state index in [-0.39, 0.29) is 0 Å².